The molecular formula is C7H3F4N. The van der Waals surface area contributed by atoms with Crippen molar-refractivity contribution in [3.05, 3.63) is 34.9 Å². The summed E-state index contributed by atoms with van der Waals surface area (Å²) < 4.78 is 49.4. The lowest BCUT2D eigenvalue weighted by molar-refractivity contribution is 0.404. The van der Waals surface area contributed by atoms with Crippen molar-refractivity contribution < 1.29 is 17.6 Å². The minimum Gasteiger partial charge on any atom is -0.204 e. The highest BCUT2D eigenvalue weighted by atomic mass is 19.2. The van der Waals surface area contributed by atoms with Crippen molar-refractivity contribution >= 4 is 0 Å². The van der Waals surface area contributed by atoms with E-state index in [0.29, 0.717) is 6.07 Å². The molecule has 0 saturated heterocycles. The summed E-state index contributed by atoms with van der Waals surface area (Å²) in [5, 5.41) is 0. The molecule has 5 heteroatoms. The van der Waals surface area contributed by atoms with E-state index in [1.165, 1.54) is 0 Å². The number of hydrogen-bond acceptors (Lipinski definition) is 0. The largest absolute Gasteiger partial charge is 0.204 e. The van der Waals surface area contributed by atoms with Crippen LogP contribution >= 0.6 is 0 Å². The van der Waals surface area contributed by atoms with Gasteiger partial charge in [-0.2, -0.15) is 0 Å². The summed E-state index contributed by atoms with van der Waals surface area (Å²) in [7, 11) is 0. The fourth-order valence-electron chi connectivity index (χ4n) is 0.737. The van der Waals surface area contributed by atoms with E-state index in [2.05, 4.69) is 0 Å². The average Bonchev–Trinajstić information content (AvgIpc) is 2.08. The molecule has 0 aliphatic heterocycles. The van der Waals surface area contributed by atoms with E-state index in [-0.39, 0.29) is 0 Å². The second kappa shape index (κ2) is 3.10. The van der Waals surface area contributed by atoms with Crippen molar-refractivity contribution in [2.75, 3.05) is 0 Å². The van der Waals surface area contributed by atoms with Crippen molar-refractivity contribution in [3.8, 4) is 0 Å². The zero-order valence-electron chi connectivity index (χ0n) is 5.74. The highest BCUT2D eigenvalue weighted by Crippen LogP contribution is 2.18. The van der Waals surface area contributed by atoms with Crippen LogP contribution in [0, 0.1) is 23.3 Å². The Labute approximate surface area is 65.8 Å². The molecule has 0 aliphatic carbocycles. The molecule has 0 aliphatic rings. The molecule has 0 spiro atoms. The van der Waals surface area contributed by atoms with Crippen LogP contribution in [0.2, 0.25) is 0 Å². The Morgan fingerprint density at radius 2 is 1.58 bits per heavy atom. The molecule has 0 unspecified atom stereocenters. The Hall–Kier alpha value is -1.10. The Bertz CT molecular complexity index is 311. The fraction of sp³-hybridized carbons (Fsp3) is 0.143. The number of nitrogens with zero attached hydrogens (tertiary/aromatic N) is 1. The lowest BCUT2D eigenvalue weighted by Gasteiger charge is -2.01. The molecule has 0 bridgehead atoms. The molecule has 0 heterocycles. The summed E-state index contributed by atoms with van der Waals surface area (Å²) in [5.41, 5.74) is 7.76. The van der Waals surface area contributed by atoms with Gasteiger partial charge in [-0.05, 0) is 6.07 Å². The summed E-state index contributed by atoms with van der Waals surface area (Å²) in [6.45, 7) is -0.875. The maximum atomic E-state index is 12.5. The SMILES string of the molecule is [N]Cc1cc(F)c(F)c(F)c1F. The van der Waals surface area contributed by atoms with Crippen LogP contribution in [0.3, 0.4) is 0 Å². The summed E-state index contributed by atoms with van der Waals surface area (Å²) in [4.78, 5) is 0. The molecule has 0 aromatic heterocycles. The van der Waals surface area contributed by atoms with E-state index in [4.69, 9.17) is 5.73 Å². The molecule has 1 aromatic rings. The van der Waals surface area contributed by atoms with Gasteiger partial charge in [-0.3, -0.25) is 0 Å². The lowest BCUT2D eigenvalue weighted by Crippen LogP contribution is -2.01. The number of hydrogen-bond donors (Lipinski definition) is 0. The van der Waals surface area contributed by atoms with Gasteiger partial charge in [-0.25, -0.2) is 17.6 Å². The second-order valence-corrected chi connectivity index (χ2v) is 2.12. The van der Waals surface area contributed by atoms with Gasteiger partial charge >= 0.3 is 0 Å². The number of rotatable bonds is 1. The third-order valence-electron chi connectivity index (χ3n) is 1.35. The van der Waals surface area contributed by atoms with Gasteiger partial charge in [0.25, 0.3) is 0 Å². The molecule has 1 rings (SSSR count). The van der Waals surface area contributed by atoms with Crippen LogP contribution in [-0.2, 0) is 6.54 Å². The van der Waals surface area contributed by atoms with E-state index < -0.39 is 35.4 Å². The van der Waals surface area contributed by atoms with Crippen molar-refractivity contribution in [1.29, 1.82) is 0 Å². The predicted molar refractivity (Wildman–Crippen MR) is 32.1 cm³/mol. The Morgan fingerprint density at radius 1 is 1.00 bits per heavy atom. The maximum Gasteiger partial charge on any atom is 0.197 e. The van der Waals surface area contributed by atoms with Crippen LogP contribution in [0.1, 0.15) is 5.56 Å². The molecule has 0 fully saturated rings. The summed E-state index contributed by atoms with van der Waals surface area (Å²) >= 11 is 0. The molecule has 0 saturated carbocycles. The number of benzene rings is 1. The Kier molecular flexibility index (Phi) is 2.32. The van der Waals surface area contributed by atoms with Crippen molar-refractivity contribution in [1.82, 2.24) is 5.73 Å². The molecule has 1 aromatic carbocycles. The quantitative estimate of drug-likeness (QED) is 0.354. The normalized spacial score (nSPS) is 10.4. The van der Waals surface area contributed by atoms with Gasteiger partial charge in [0, 0.05) is 5.56 Å². The molecule has 0 amide bonds. The lowest BCUT2D eigenvalue weighted by atomic mass is 10.2. The zero-order chi connectivity index (χ0) is 9.30. The van der Waals surface area contributed by atoms with E-state index >= 15 is 0 Å². The van der Waals surface area contributed by atoms with Gasteiger partial charge in [0.2, 0.25) is 0 Å². The first kappa shape index (κ1) is 8.99. The summed E-state index contributed by atoms with van der Waals surface area (Å²) in [6, 6.07) is 0.410. The first-order valence-electron chi connectivity index (χ1n) is 3.00. The topological polar surface area (TPSA) is 22.3 Å². The fourth-order valence-corrected chi connectivity index (χ4v) is 0.737. The average molecular weight is 177 g/mol. The van der Waals surface area contributed by atoms with Gasteiger partial charge in [-0.15, -0.1) is 5.73 Å². The molecule has 64 valence electrons. The van der Waals surface area contributed by atoms with Crippen LogP contribution in [0.15, 0.2) is 6.07 Å². The minimum atomic E-state index is -1.90. The minimum absolute atomic E-state index is 0.410. The Morgan fingerprint density at radius 3 is 2.08 bits per heavy atom. The van der Waals surface area contributed by atoms with Crippen LogP contribution in [0.4, 0.5) is 17.6 Å². The van der Waals surface area contributed by atoms with Crippen molar-refractivity contribution in [2.24, 2.45) is 0 Å². The molecule has 12 heavy (non-hydrogen) atoms. The van der Waals surface area contributed by atoms with Gasteiger partial charge in [0.1, 0.15) is 0 Å². The second-order valence-electron chi connectivity index (χ2n) is 2.12. The highest BCUT2D eigenvalue weighted by Gasteiger charge is 2.17. The van der Waals surface area contributed by atoms with Gasteiger partial charge in [0.05, 0.1) is 6.54 Å². The molecule has 0 N–H and O–H groups in total. The molecule has 0 atom stereocenters. The van der Waals surface area contributed by atoms with E-state index in [0.717, 1.165) is 0 Å². The standard InChI is InChI=1S/C7H3F4N/c8-4-1-3(2-12)5(9)7(11)6(4)10/h1H,2H2. The third kappa shape index (κ3) is 1.27. The van der Waals surface area contributed by atoms with Crippen LogP contribution < -0.4 is 5.73 Å². The van der Waals surface area contributed by atoms with Crippen molar-refractivity contribution in [3.63, 3.8) is 0 Å². The van der Waals surface area contributed by atoms with Crippen LogP contribution in [0.5, 0.6) is 0 Å². The zero-order valence-corrected chi connectivity index (χ0v) is 5.74. The van der Waals surface area contributed by atoms with Crippen LogP contribution in [0.25, 0.3) is 0 Å². The van der Waals surface area contributed by atoms with E-state index in [1.54, 1.807) is 0 Å². The van der Waals surface area contributed by atoms with Crippen molar-refractivity contribution in [2.45, 2.75) is 6.54 Å². The summed E-state index contributed by atoms with van der Waals surface area (Å²) in [6.07, 6.45) is 0. The summed E-state index contributed by atoms with van der Waals surface area (Å²) in [5.74, 6) is -6.85. The first-order valence-corrected chi connectivity index (χ1v) is 3.00. The number of halogens is 4. The predicted octanol–water partition coefficient (Wildman–Crippen LogP) is 1.81. The van der Waals surface area contributed by atoms with Gasteiger partial charge < -0.3 is 0 Å². The molecular weight excluding hydrogens is 174 g/mol. The Balaban J connectivity index is 3.39. The molecule has 1 nitrogen and oxygen atoms in total. The smallest absolute Gasteiger partial charge is 0.197 e. The van der Waals surface area contributed by atoms with Gasteiger partial charge in [-0.1, -0.05) is 0 Å². The third-order valence-corrected chi connectivity index (χ3v) is 1.35. The van der Waals surface area contributed by atoms with Gasteiger partial charge in [0.15, 0.2) is 23.3 Å². The first-order chi connectivity index (χ1) is 5.57. The highest BCUT2D eigenvalue weighted by molar-refractivity contribution is 5.21. The monoisotopic (exact) mass is 177 g/mol. The van der Waals surface area contributed by atoms with E-state index in [9.17, 15) is 17.6 Å². The van der Waals surface area contributed by atoms with E-state index in [1.807, 2.05) is 0 Å². The molecule has 2 radical (unpaired) electrons. The maximum absolute atomic E-state index is 12.5. The van der Waals surface area contributed by atoms with Crippen LogP contribution in [-0.4, -0.2) is 0 Å².